The molecule has 2 aromatic rings. The van der Waals surface area contributed by atoms with E-state index in [0.29, 0.717) is 32.6 Å². The van der Waals surface area contributed by atoms with Crippen molar-refractivity contribution in [3.63, 3.8) is 0 Å². The van der Waals surface area contributed by atoms with E-state index in [2.05, 4.69) is 46.9 Å². The Balaban J connectivity index is 1.52. The summed E-state index contributed by atoms with van der Waals surface area (Å²) in [7, 11) is 0. The molecule has 2 aromatic carbocycles. The van der Waals surface area contributed by atoms with Gasteiger partial charge in [0.2, 0.25) is 5.91 Å². The van der Waals surface area contributed by atoms with Crippen LogP contribution in [0.4, 0.5) is 14.9 Å². The highest BCUT2D eigenvalue weighted by atomic mass is 79.9. The maximum absolute atomic E-state index is 13.3. The highest BCUT2D eigenvalue weighted by molar-refractivity contribution is 9.10. The van der Waals surface area contributed by atoms with Gasteiger partial charge in [-0.25, -0.2) is 9.18 Å². The van der Waals surface area contributed by atoms with Crippen molar-refractivity contribution in [1.29, 1.82) is 0 Å². The van der Waals surface area contributed by atoms with Crippen LogP contribution in [-0.4, -0.2) is 65.9 Å². The number of para-hydroxylation sites is 1. The quantitative estimate of drug-likeness (QED) is 0.532. The van der Waals surface area contributed by atoms with Crippen LogP contribution >= 0.6 is 15.9 Å². The average Bonchev–Trinajstić information content (AvgIpc) is 2.78. The summed E-state index contributed by atoms with van der Waals surface area (Å²) < 4.78 is 14.2. The third-order valence-electron chi connectivity index (χ3n) is 5.78. The molecule has 1 heterocycles. The van der Waals surface area contributed by atoms with Crippen molar-refractivity contribution < 1.29 is 14.0 Å². The van der Waals surface area contributed by atoms with Gasteiger partial charge in [-0.3, -0.25) is 9.69 Å². The van der Waals surface area contributed by atoms with Gasteiger partial charge < -0.3 is 15.1 Å². The number of hydrogen-bond donors (Lipinski definition) is 1. The van der Waals surface area contributed by atoms with E-state index in [0.717, 1.165) is 35.4 Å². The lowest BCUT2D eigenvalue weighted by Gasteiger charge is -2.36. The fraction of sp³-hybridized carbons (Fsp3) is 0.462. The Labute approximate surface area is 210 Å². The molecule has 6 nitrogen and oxygen atoms in total. The SMILES string of the molecule is CC(C)(C)CC(=O)N(CCN1CCN(C(=O)Nc2ccccc2Br)CC1)Cc1ccc(F)cc1. The van der Waals surface area contributed by atoms with Crippen LogP contribution < -0.4 is 5.32 Å². The van der Waals surface area contributed by atoms with E-state index in [-0.39, 0.29) is 23.2 Å². The molecule has 1 aliphatic rings. The van der Waals surface area contributed by atoms with Gasteiger partial charge in [-0.05, 0) is 51.2 Å². The third kappa shape index (κ3) is 8.09. The molecular weight excluding hydrogens is 499 g/mol. The second-order valence-corrected chi connectivity index (χ2v) is 10.8. The number of nitrogens with zero attached hydrogens (tertiary/aromatic N) is 3. The molecule has 34 heavy (non-hydrogen) atoms. The van der Waals surface area contributed by atoms with Crippen molar-refractivity contribution in [2.24, 2.45) is 5.41 Å². The number of urea groups is 1. The molecule has 0 radical (unpaired) electrons. The fourth-order valence-electron chi connectivity index (χ4n) is 3.86. The van der Waals surface area contributed by atoms with Gasteiger partial charge in [0, 0.05) is 56.7 Å². The second kappa shape index (κ2) is 11.8. The molecule has 8 heteroatoms. The number of carbonyl (C=O) groups is 2. The maximum atomic E-state index is 13.3. The summed E-state index contributed by atoms with van der Waals surface area (Å²) in [6.07, 6.45) is 0.456. The zero-order chi connectivity index (χ0) is 24.7. The molecule has 3 rings (SSSR count). The molecule has 0 atom stereocenters. The summed E-state index contributed by atoms with van der Waals surface area (Å²) in [6, 6.07) is 13.8. The van der Waals surface area contributed by atoms with E-state index in [9.17, 15) is 14.0 Å². The van der Waals surface area contributed by atoms with E-state index >= 15 is 0 Å². The number of amides is 3. The number of halogens is 2. The summed E-state index contributed by atoms with van der Waals surface area (Å²) in [4.78, 5) is 31.6. The first-order chi connectivity index (χ1) is 16.1. The van der Waals surface area contributed by atoms with E-state index < -0.39 is 0 Å². The molecule has 0 aromatic heterocycles. The lowest BCUT2D eigenvalue weighted by atomic mass is 9.91. The molecule has 3 amide bonds. The Morgan fingerprint density at radius 3 is 2.29 bits per heavy atom. The molecule has 1 aliphatic heterocycles. The third-order valence-corrected chi connectivity index (χ3v) is 6.47. The average molecular weight is 533 g/mol. The van der Waals surface area contributed by atoms with Crippen molar-refractivity contribution in [2.75, 3.05) is 44.6 Å². The first-order valence-corrected chi connectivity index (χ1v) is 12.4. The van der Waals surface area contributed by atoms with Gasteiger partial charge in [0.25, 0.3) is 0 Å². The smallest absolute Gasteiger partial charge is 0.321 e. The van der Waals surface area contributed by atoms with E-state index in [4.69, 9.17) is 0 Å². The topological polar surface area (TPSA) is 55.9 Å². The van der Waals surface area contributed by atoms with Crippen LogP contribution in [0.5, 0.6) is 0 Å². The Kier molecular flexibility index (Phi) is 9.08. The number of piperazine rings is 1. The first kappa shape index (κ1) is 26.2. The number of nitrogens with one attached hydrogen (secondary N) is 1. The van der Waals surface area contributed by atoms with Gasteiger partial charge in [-0.2, -0.15) is 0 Å². The Hall–Kier alpha value is -2.45. The molecule has 0 bridgehead atoms. The van der Waals surface area contributed by atoms with Gasteiger partial charge in [-0.1, -0.05) is 45.0 Å². The van der Waals surface area contributed by atoms with Crippen LogP contribution in [0.15, 0.2) is 53.0 Å². The number of carbonyl (C=O) groups excluding carboxylic acids is 2. The molecule has 0 spiro atoms. The largest absolute Gasteiger partial charge is 0.337 e. The van der Waals surface area contributed by atoms with E-state index in [1.807, 2.05) is 34.1 Å². The van der Waals surface area contributed by atoms with E-state index in [1.54, 1.807) is 12.1 Å². The molecule has 0 unspecified atom stereocenters. The molecule has 1 fully saturated rings. The summed E-state index contributed by atoms with van der Waals surface area (Å²) in [5.41, 5.74) is 1.56. The molecular formula is C26H34BrFN4O2. The van der Waals surface area contributed by atoms with Crippen molar-refractivity contribution in [3.05, 3.63) is 64.4 Å². The van der Waals surface area contributed by atoms with Crippen LogP contribution in [0.3, 0.4) is 0 Å². The van der Waals surface area contributed by atoms with Crippen LogP contribution in [0.2, 0.25) is 0 Å². The van der Waals surface area contributed by atoms with Crippen LogP contribution in [-0.2, 0) is 11.3 Å². The van der Waals surface area contributed by atoms with Gasteiger partial charge in [0.05, 0.1) is 5.69 Å². The van der Waals surface area contributed by atoms with Crippen molar-refractivity contribution in [1.82, 2.24) is 14.7 Å². The van der Waals surface area contributed by atoms with Crippen LogP contribution in [0.25, 0.3) is 0 Å². The molecule has 184 valence electrons. The molecule has 0 aliphatic carbocycles. The van der Waals surface area contributed by atoms with E-state index in [1.165, 1.54) is 12.1 Å². The lowest BCUT2D eigenvalue weighted by Crippen LogP contribution is -2.51. The highest BCUT2D eigenvalue weighted by Gasteiger charge is 2.24. The van der Waals surface area contributed by atoms with Crippen LogP contribution in [0, 0.1) is 11.2 Å². The van der Waals surface area contributed by atoms with Crippen LogP contribution in [0.1, 0.15) is 32.8 Å². The normalized spacial score (nSPS) is 14.7. The summed E-state index contributed by atoms with van der Waals surface area (Å²) in [5.74, 6) is -0.180. The highest BCUT2D eigenvalue weighted by Crippen LogP contribution is 2.22. The standard InChI is InChI=1S/C26H34BrFN4O2/c1-26(2,3)18-24(33)32(19-20-8-10-21(28)11-9-20)17-14-30-12-15-31(16-13-30)25(34)29-23-7-5-4-6-22(23)27/h4-11H,12-19H2,1-3H3,(H,29,34). The second-order valence-electron chi connectivity index (χ2n) is 9.92. The molecule has 0 saturated carbocycles. The number of rotatable bonds is 7. The number of hydrogen-bond acceptors (Lipinski definition) is 3. The minimum Gasteiger partial charge on any atom is -0.337 e. The van der Waals surface area contributed by atoms with Crippen molar-refractivity contribution in [3.8, 4) is 0 Å². The zero-order valence-corrected chi connectivity index (χ0v) is 21.8. The molecule has 1 N–H and O–H groups in total. The Morgan fingerprint density at radius 1 is 1.03 bits per heavy atom. The Bertz CT molecular complexity index is 970. The monoisotopic (exact) mass is 532 g/mol. The summed E-state index contributed by atoms with van der Waals surface area (Å²) in [6.45, 7) is 10.7. The zero-order valence-electron chi connectivity index (χ0n) is 20.2. The van der Waals surface area contributed by atoms with Crippen molar-refractivity contribution >= 4 is 33.6 Å². The maximum Gasteiger partial charge on any atom is 0.321 e. The summed E-state index contributed by atoms with van der Waals surface area (Å²) >= 11 is 3.46. The lowest BCUT2D eigenvalue weighted by molar-refractivity contribution is -0.134. The predicted octanol–water partition coefficient (Wildman–Crippen LogP) is 5.20. The molecule has 1 saturated heterocycles. The predicted molar refractivity (Wildman–Crippen MR) is 137 cm³/mol. The van der Waals surface area contributed by atoms with Crippen molar-refractivity contribution in [2.45, 2.75) is 33.7 Å². The number of benzene rings is 2. The first-order valence-electron chi connectivity index (χ1n) is 11.7. The fourth-order valence-corrected chi connectivity index (χ4v) is 4.25. The summed E-state index contributed by atoms with van der Waals surface area (Å²) in [5, 5.41) is 2.95. The number of anilines is 1. The van der Waals surface area contributed by atoms with Gasteiger partial charge >= 0.3 is 6.03 Å². The van der Waals surface area contributed by atoms with Gasteiger partial charge in [0.1, 0.15) is 5.82 Å². The van der Waals surface area contributed by atoms with Gasteiger partial charge in [-0.15, -0.1) is 0 Å². The minimum absolute atomic E-state index is 0.100. The Morgan fingerprint density at radius 2 is 1.68 bits per heavy atom. The minimum atomic E-state index is -0.280. The van der Waals surface area contributed by atoms with Gasteiger partial charge in [0.15, 0.2) is 0 Å².